The van der Waals surface area contributed by atoms with Gasteiger partial charge in [0.1, 0.15) is 0 Å². The summed E-state index contributed by atoms with van der Waals surface area (Å²) in [4.78, 5) is 6.29. The molecule has 5 heteroatoms. The molecule has 0 radical (unpaired) electrons. The van der Waals surface area contributed by atoms with Gasteiger partial charge in [0.05, 0.1) is 6.04 Å². The maximum Gasteiger partial charge on any atom is 0.257 e. The summed E-state index contributed by atoms with van der Waals surface area (Å²) in [5.41, 5.74) is 6.87. The standard InChI is InChI=1S/C12H16N4O/c1-16(2)8-10(13)11-14-12(17-15-11)9-6-4-3-5-7-9/h3-7,10H,8,13H2,1-2H3. The van der Waals surface area contributed by atoms with Crippen LogP contribution in [0.1, 0.15) is 11.9 Å². The average Bonchev–Trinajstić information content (AvgIpc) is 2.78. The number of aromatic nitrogens is 2. The third-order valence-electron chi connectivity index (χ3n) is 2.36. The lowest BCUT2D eigenvalue weighted by atomic mass is 10.2. The fourth-order valence-corrected chi connectivity index (χ4v) is 1.56. The molecule has 17 heavy (non-hydrogen) atoms. The molecule has 1 aromatic heterocycles. The molecule has 5 nitrogen and oxygen atoms in total. The zero-order chi connectivity index (χ0) is 12.3. The molecule has 0 spiro atoms. The zero-order valence-electron chi connectivity index (χ0n) is 10.00. The molecule has 1 heterocycles. The predicted octanol–water partition coefficient (Wildman–Crippen LogP) is 1.30. The summed E-state index contributed by atoms with van der Waals surface area (Å²) in [6.45, 7) is 0.688. The van der Waals surface area contributed by atoms with Gasteiger partial charge in [0, 0.05) is 12.1 Å². The molecule has 0 bridgehead atoms. The Balaban J connectivity index is 2.16. The third kappa shape index (κ3) is 2.89. The number of nitrogens with two attached hydrogens (primary N) is 1. The van der Waals surface area contributed by atoms with E-state index < -0.39 is 0 Å². The maximum atomic E-state index is 5.96. The molecule has 0 aliphatic heterocycles. The Morgan fingerprint density at radius 3 is 2.65 bits per heavy atom. The van der Waals surface area contributed by atoms with Crippen molar-refractivity contribution in [3.05, 3.63) is 36.2 Å². The summed E-state index contributed by atoms with van der Waals surface area (Å²) in [5.74, 6) is 1.05. The second kappa shape index (κ2) is 5.07. The number of benzene rings is 1. The number of rotatable bonds is 4. The van der Waals surface area contributed by atoms with Gasteiger partial charge < -0.3 is 15.2 Å². The summed E-state index contributed by atoms with van der Waals surface area (Å²) < 4.78 is 5.19. The first-order valence-corrected chi connectivity index (χ1v) is 5.46. The van der Waals surface area contributed by atoms with E-state index in [2.05, 4.69) is 10.1 Å². The Bertz CT molecular complexity index is 466. The number of hydrogen-bond acceptors (Lipinski definition) is 5. The van der Waals surface area contributed by atoms with Crippen LogP contribution < -0.4 is 5.73 Å². The SMILES string of the molecule is CN(C)CC(N)c1noc(-c2ccccc2)n1. The zero-order valence-corrected chi connectivity index (χ0v) is 10.00. The minimum Gasteiger partial charge on any atom is -0.334 e. The summed E-state index contributed by atoms with van der Waals surface area (Å²) in [7, 11) is 3.91. The van der Waals surface area contributed by atoms with Gasteiger partial charge in [0.2, 0.25) is 0 Å². The van der Waals surface area contributed by atoms with E-state index in [-0.39, 0.29) is 6.04 Å². The topological polar surface area (TPSA) is 68.2 Å². The molecule has 0 saturated carbocycles. The minimum atomic E-state index is -0.230. The van der Waals surface area contributed by atoms with Crippen molar-refractivity contribution >= 4 is 0 Å². The Morgan fingerprint density at radius 1 is 1.29 bits per heavy atom. The van der Waals surface area contributed by atoms with Crippen LogP contribution in [-0.4, -0.2) is 35.7 Å². The molecule has 0 amide bonds. The van der Waals surface area contributed by atoms with Crippen molar-refractivity contribution in [3.8, 4) is 11.5 Å². The van der Waals surface area contributed by atoms with Gasteiger partial charge >= 0.3 is 0 Å². The second-order valence-electron chi connectivity index (χ2n) is 4.19. The van der Waals surface area contributed by atoms with E-state index in [4.69, 9.17) is 10.3 Å². The largest absolute Gasteiger partial charge is 0.334 e. The molecule has 0 aliphatic rings. The smallest absolute Gasteiger partial charge is 0.257 e. The van der Waals surface area contributed by atoms with E-state index >= 15 is 0 Å². The molecule has 0 aliphatic carbocycles. The Kier molecular flexibility index (Phi) is 3.51. The molecule has 1 aromatic carbocycles. The van der Waals surface area contributed by atoms with Crippen LogP contribution in [0.15, 0.2) is 34.9 Å². The summed E-state index contributed by atoms with van der Waals surface area (Å²) in [5, 5.41) is 3.91. The van der Waals surface area contributed by atoms with Gasteiger partial charge in [0.25, 0.3) is 5.89 Å². The normalized spacial score (nSPS) is 12.9. The van der Waals surface area contributed by atoms with Crippen molar-refractivity contribution in [1.29, 1.82) is 0 Å². The average molecular weight is 232 g/mol. The van der Waals surface area contributed by atoms with Gasteiger partial charge in [-0.05, 0) is 26.2 Å². The number of likely N-dealkylation sites (N-methyl/N-ethyl adjacent to an activating group) is 1. The van der Waals surface area contributed by atoms with E-state index in [1.807, 2.05) is 49.3 Å². The first-order valence-electron chi connectivity index (χ1n) is 5.46. The van der Waals surface area contributed by atoms with Crippen LogP contribution in [0.25, 0.3) is 11.5 Å². The van der Waals surface area contributed by atoms with E-state index in [1.54, 1.807) is 0 Å². The molecular weight excluding hydrogens is 216 g/mol. The molecular formula is C12H16N4O. The lowest BCUT2D eigenvalue weighted by Gasteiger charge is -2.12. The molecule has 1 atom stereocenters. The Hall–Kier alpha value is -1.72. The van der Waals surface area contributed by atoms with Gasteiger partial charge in [-0.3, -0.25) is 0 Å². The first-order chi connectivity index (χ1) is 8.16. The Morgan fingerprint density at radius 2 is 2.00 bits per heavy atom. The lowest BCUT2D eigenvalue weighted by Crippen LogP contribution is -2.26. The second-order valence-corrected chi connectivity index (χ2v) is 4.19. The van der Waals surface area contributed by atoms with Crippen LogP contribution in [0.5, 0.6) is 0 Å². The molecule has 0 saturated heterocycles. The fourth-order valence-electron chi connectivity index (χ4n) is 1.56. The van der Waals surface area contributed by atoms with E-state index in [0.717, 1.165) is 5.56 Å². The maximum absolute atomic E-state index is 5.96. The van der Waals surface area contributed by atoms with E-state index in [9.17, 15) is 0 Å². The van der Waals surface area contributed by atoms with Gasteiger partial charge in [-0.1, -0.05) is 23.4 Å². The summed E-state index contributed by atoms with van der Waals surface area (Å²) in [6, 6.07) is 9.42. The van der Waals surface area contributed by atoms with Crippen molar-refractivity contribution in [2.75, 3.05) is 20.6 Å². The van der Waals surface area contributed by atoms with Crippen LogP contribution in [0.3, 0.4) is 0 Å². The first kappa shape index (κ1) is 11.8. The van der Waals surface area contributed by atoms with Crippen molar-refractivity contribution in [2.24, 2.45) is 5.73 Å². The van der Waals surface area contributed by atoms with Crippen molar-refractivity contribution < 1.29 is 4.52 Å². The quantitative estimate of drug-likeness (QED) is 0.860. The van der Waals surface area contributed by atoms with Crippen LogP contribution >= 0.6 is 0 Å². The van der Waals surface area contributed by atoms with E-state index in [1.165, 1.54) is 0 Å². The van der Waals surface area contributed by atoms with E-state index in [0.29, 0.717) is 18.3 Å². The third-order valence-corrected chi connectivity index (χ3v) is 2.36. The molecule has 1 unspecified atom stereocenters. The predicted molar refractivity (Wildman–Crippen MR) is 65.2 cm³/mol. The van der Waals surface area contributed by atoms with Gasteiger partial charge in [-0.2, -0.15) is 4.98 Å². The van der Waals surface area contributed by atoms with Crippen molar-refractivity contribution in [2.45, 2.75) is 6.04 Å². The van der Waals surface area contributed by atoms with Crippen LogP contribution in [0, 0.1) is 0 Å². The Labute approximate surface area is 100 Å². The highest BCUT2D eigenvalue weighted by Gasteiger charge is 2.15. The summed E-state index contributed by atoms with van der Waals surface area (Å²) >= 11 is 0. The highest BCUT2D eigenvalue weighted by Crippen LogP contribution is 2.18. The van der Waals surface area contributed by atoms with Crippen molar-refractivity contribution in [1.82, 2.24) is 15.0 Å². The van der Waals surface area contributed by atoms with Crippen LogP contribution in [-0.2, 0) is 0 Å². The van der Waals surface area contributed by atoms with Gasteiger partial charge in [-0.15, -0.1) is 0 Å². The van der Waals surface area contributed by atoms with Gasteiger partial charge in [-0.25, -0.2) is 0 Å². The van der Waals surface area contributed by atoms with Crippen LogP contribution in [0.2, 0.25) is 0 Å². The number of hydrogen-bond donors (Lipinski definition) is 1. The highest BCUT2D eigenvalue weighted by atomic mass is 16.5. The van der Waals surface area contributed by atoms with Crippen LogP contribution in [0.4, 0.5) is 0 Å². The molecule has 2 aromatic rings. The molecule has 0 fully saturated rings. The number of nitrogens with zero attached hydrogens (tertiary/aromatic N) is 3. The minimum absolute atomic E-state index is 0.230. The lowest BCUT2D eigenvalue weighted by molar-refractivity contribution is 0.357. The monoisotopic (exact) mass is 232 g/mol. The molecule has 2 rings (SSSR count). The fraction of sp³-hybridized carbons (Fsp3) is 0.333. The highest BCUT2D eigenvalue weighted by molar-refractivity contribution is 5.52. The van der Waals surface area contributed by atoms with Gasteiger partial charge in [0.15, 0.2) is 5.82 Å². The molecule has 90 valence electrons. The summed E-state index contributed by atoms with van der Waals surface area (Å²) in [6.07, 6.45) is 0. The molecule has 2 N–H and O–H groups in total. The van der Waals surface area contributed by atoms with Crippen molar-refractivity contribution in [3.63, 3.8) is 0 Å².